The maximum absolute atomic E-state index is 12.6. The summed E-state index contributed by atoms with van der Waals surface area (Å²) >= 11 is 0. The lowest BCUT2D eigenvalue weighted by molar-refractivity contribution is 0.191. The first-order chi connectivity index (χ1) is 10.2. The molecule has 0 aliphatic carbocycles. The fraction of sp³-hybridized carbons (Fsp3) is 0.625. The van der Waals surface area contributed by atoms with E-state index in [1.165, 1.54) is 5.56 Å². The molecule has 0 fully saturated rings. The van der Waals surface area contributed by atoms with Crippen LogP contribution in [-0.2, 0) is 20.0 Å². The number of hydrogen-bond donors (Lipinski definition) is 1. The summed E-state index contributed by atoms with van der Waals surface area (Å²) < 4.78 is 23.2. The summed E-state index contributed by atoms with van der Waals surface area (Å²) in [7, 11) is -3.19. The van der Waals surface area contributed by atoms with Crippen molar-refractivity contribution in [2.45, 2.75) is 45.2 Å². The van der Waals surface area contributed by atoms with E-state index in [-0.39, 0.29) is 6.61 Å². The van der Waals surface area contributed by atoms with Gasteiger partial charge in [-0.05, 0) is 38.7 Å². The quantitative estimate of drug-likeness (QED) is 0.495. The second kappa shape index (κ2) is 10.1. The lowest BCUT2D eigenvalue weighted by atomic mass is 10.1. The van der Waals surface area contributed by atoms with Crippen LogP contribution < -0.4 is 0 Å². The Morgan fingerprint density at radius 2 is 1.71 bits per heavy atom. The lowest BCUT2D eigenvalue weighted by Crippen LogP contribution is -2.17. The second-order valence-electron chi connectivity index (χ2n) is 4.94. The maximum atomic E-state index is 12.6. The van der Waals surface area contributed by atoms with E-state index in [2.05, 4.69) is 12.1 Å². The van der Waals surface area contributed by atoms with E-state index in [9.17, 15) is 9.67 Å². The molecule has 120 valence electrons. The van der Waals surface area contributed by atoms with E-state index in [1.54, 1.807) is 13.8 Å². The lowest BCUT2D eigenvalue weighted by Gasteiger charge is -2.24. The molecule has 0 amide bonds. The normalized spacial score (nSPS) is 13.3. The number of aryl methyl sites for hydroxylation is 1. The Hall–Kier alpha value is -0.670. The summed E-state index contributed by atoms with van der Waals surface area (Å²) in [5.41, 5.74) is 0.879. The summed E-state index contributed by atoms with van der Waals surface area (Å²) in [6, 6.07) is 10.3. The van der Waals surface area contributed by atoms with Gasteiger partial charge >= 0.3 is 7.60 Å². The molecule has 0 aromatic heterocycles. The average Bonchev–Trinajstić information content (AvgIpc) is 2.48. The molecular formula is C16H27O4P. The van der Waals surface area contributed by atoms with Crippen LogP contribution in [0.3, 0.4) is 0 Å². The number of hydrogen-bond acceptors (Lipinski definition) is 4. The van der Waals surface area contributed by atoms with Gasteiger partial charge in [0.05, 0.1) is 25.5 Å². The minimum Gasteiger partial charge on any atom is -0.395 e. The molecule has 0 spiro atoms. The van der Waals surface area contributed by atoms with Gasteiger partial charge in [0.2, 0.25) is 0 Å². The van der Waals surface area contributed by atoms with Crippen molar-refractivity contribution in [3.63, 3.8) is 0 Å². The Morgan fingerprint density at radius 1 is 1.10 bits per heavy atom. The van der Waals surface area contributed by atoms with Crippen LogP contribution in [0.2, 0.25) is 0 Å². The third kappa shape index (κ3) is 6.31. The highest BCUT2D eigenvalue weighted by atomic mass is 31.2. The summed E-state index contributed by atoms with van der Waals surface area (Å²) in [4.78, 5) is 0. The van der Waals surface area contributed by atoms with Gasteiger partial charge < -0.3 is 14.2 Å². The van der Waals surface area contributed by atoms with E-state index < -0.39 is 13.3 Å². The topological polar surface area (TPSA) is 55.8 Å². The summed E-state index contributed by atoms with van der Waals surface area (Å²) in [5, 5.41) is 9.50. The predicted octanol–water partition coefficient (Wildman–Crippen LogP) is 4.03. The molecule has 5 heteroatoms. The van der Waals surface area contributed by atoms with E-state index >= 15 is 0 Å². The van der Waals surface area contributed by atoms with Crippen LogP contribution in [-0.4, -0.2) is 30.6 Å². The van der Waals surface area contributed by atoms with Gasteiger partial charge in [0.15, 0.2) is 0 Å². The van der Waals surface area contributed by atoms with Crippen LogP contribution in [0.4, 0.5) is 0 Å². The van der Waals surface area contributed by atoms with E-state index in [1.807, 2.05) is 18.2 Å². The molecular weight excluding hydrogens is 287 g/mol. The summed E-state index contributed by atoms with van der Waals surface area (Å²) in [5.74, 6) is 0. The molecule has 0 aliphatic rings. The zero-order valence-corrected chi connectivity index (χ0v) is 13.9. The van der Waals surface area contributed by atoms with Gasteiger partial charge in [0.1, 0.15) is 0 Å². The van der Waals surface area contributed by atoms with Gasteiger partial charge in [0.25, 0.3) is 0 Å². The molecule has 4 nitrogen and oxygen atoms in total. The van der Waals surface area contributed by atoms with Crippen LogP contribution in [0, 0.1) is 0 Å². The van der Waals surface area contributed by atoms with Crippen molar-refractivity contribution in [2.24, 2.45) is 0 Å². The highest BCUT2D eigenvalue weighted by Gasteiger charge is 2.34. The number of aliphatic hydroxyl groups excluding tert-OH is 1. The Morgan fingerprint density at radius 3 is 2.24 bits per heavy atom. The molecule has 0 saturated carbocycles. The van der Waals surface area contributed by atoms with Crippen molar-refractivity contribution < 1.29 is 18.7 Å². The third-order valence-electron chi connectivity index (χ3n) is 3.37. The first-order valence-electron chi connectivity index (χ1n) is 7.69. The van der Waals surface area contributed by atoms with Crippen molar-refractivity contribution in [3.05, 3.63) is 35.9 Å². The third-order valence-corrected chi connectivity index (χ3v) is 5.92. The molecule has 1 rings (SSSR count). The second-order valence-corrected chi connectivity index (χ2v) is 7.27. The highest BCUT2D eigenvalue weighted by Crippen LogP contribution is 2.54. The smallest absolute Gasteiger partial charge is 0.336 e. The van der Waals surface area contributed by atoms with E-state index in [4.69, 9.17) is 9.05 Å². The summed E-state index contributed by atoms with van der Waals surface area (Å²) in [6.07, 6.45) is 3.54. The number of rotatable bonds is 11. The standard InChI is InChI=1S/C16H27O4P/c1-3-19-21(18,20-4-2)16(14-17)13-9-8-12-15-10-6-5-7-11-15/h5-7,10-11,16-17H,3-4,8-9,12-14H2,1-2H3. The maximum Gasteiger partial charge on any atom is 0.336 e. The predicted molar refractivity (Wildman–Crippen MR) is 85.7 cm³/mol. The minimum absolute atomic E-state index is 0.164. The van der Waals surface area contributed by atoms with Crippen LogP contribution in [0.25, 0.3) is 0 Å². The monoisotopic (exact) mass is 314 g/mol. The van der Waals surface area contributed by atoms with Crippen molar-refractivity contribution in [3.8, 4) is 0 Å². The Labute approximate surface area is 128 Å². The van der Waals surface area contributed by atoms with Gasteiger partial charge in [-0.1, -0.05) is 36.8 Å². The Kier molecular flexibility index (Phi) is 8.86. The molecule has 0 saturated heterocycles. The van der Waals surface area contributed by atoms with Gasteiger partial charge in [-0.15, -0.1) is 0 Å². The van der Waals surface area contributed by atoms with Gasteiger partial charge in [-0.3, -0.25) is 4.57 Å². The first-order valence-corrected chi connectivity index (χ1v) is 9.31. The zero-order chi connectivity index (χ0) is 15.6. The molecule has 0 aliphatic heterocycles. The Balaban J connectivity index is 2.44. The molecule has 1 aromatic carbocycles. The molecule has 21 heavy (non-hydrogen) atoms. The molecule has 1 unspecified atom stereocenters. The van der Waals surface area contributed by atoms with E-state index in [0.717, 1.165) is 19.3 Å². The zero-order valence-electron chi connectivity index (χ0n) is 13.0. The molecule has 0 heterocycles. The van der Waals surface area contributed by atoms with Crippen molar-refractivity contribution in [1.29, 1.82) is 0 Å². The summed E-state index contributed by atoms with van der Waals surface area (Å²) in [6.45, 7) is 4.07. The van der Waals surface area contributed by atoms with E-state index in [0.29, 0.717) is 19.6 Å². The SMILES string of the molecule is CCOP(=O)(OCC)C(CO)CCCCc1ccccc1. The van der Waals surface area contributed by atoms with Crippen molar-refractivity contribution in [1.82, 2.24) is 0 Å². The van der Waals surface area contributed by atoms with Gasteiger partial charge in [0, 0.05) is 0 Å². The average molecular weight is 314 g/mol. The van der Waals surface area contributed by atoms with Crippen molar-refractivity contribution in [2.75, 3.05) is 19.8 Å². The largest absolute Gasteiger partial charge is 0.395 e. The number of aliphatic hydroxyl groups is 1. The molecule has 1 N–H and O–H groups in total. The minimum atomic E-state index is -3.19. The van der Waals surface area contributed by atoms with Crippen LogP contribution in [0.15, 0.2) is 30.3 Å². The Bertz CT molecular complexity index is 412. The molecule has 1 atom stereocenters. The van der Waals surface area contributed by atoms with Crippen molar-refractivity contribution >= 4 is 7.60 Å². The highest BCUT2D eigenvalue weighted by molar-refractivity contribution is 7.54. The molecule has 1 aromatic rings. The fourth-order valence-corrected chi connectivity index (χ4v) is 4.23. The first kappa shape index (κ1) is 18.4. The van der Waals surface area contributed by atoms with Crippen LogP contribution in [0.5, 0.6) is 0 Å². The molecule has 0 bridgehead atoms. The number of unbranched alkanes of at least 4 members (excludes halogenated alkanes) is 1. The molecule has 0 radical (unpaired) electrons. The van der Waals surface area contributed by atoms with Gasteiger partial charge in [-0.2, -0.15) is 0 Å². The van der Waals surface area contributed by atoms with Crippen LogP contribution in [0.1, 0.15) is 38.7 Å². The van der Waals surface area contributed by atoms with Gasteiger partial charge in [-0.25, -0.2) is 0 Å². The fourth-order valence-electron chi connectivity index (χ4n) is 2.31. The van der Waals surface area contributed by atoms with Crippen LogP contribution >= 0.6 is 7.60 Å². The number of benzene rings is 1.